The Morgan fingerprint density at radius 3 is 2.81 bits per heavy atom. The van der Waals surface area contributed by atoms with Gasteiger partial charge < -0.3 is 10.1 Å². The highest BCUT2D eigenvalue weighted by molar-refractivity contribution is 5.87. The summed E-state index contributed by atoms with van der Waals surface area (Å²) in [5.74, 6) is 1.08. The van der Waals surface area contributed by atoms with Crippen LogP contribution in [-0.2, 0) is 11.8 Å². The van der Waals surface area contributed by atoms with E-state index in [9.17, 15) is 4.79 Å². The molecule has 1 spiro atoms. The number of urea groups is 1. The second kappa shape index (κ2) is 5.63. The van der Waals surface area contributed by atoms with Crippen LogP contribution in [0.3, 0.4) is 0 Å². The molecule has 2 N–H and O–H groups in total. The molecule has 3 rings (SSSR count). The highest BCUT2D eigenvalue weighted by Crippen LogP contribution is 2.43. The van der Waals surface area contributed by atoms with E-state index in [0.717, 1.165) is 12.2 Å². The van der Waals surface area contributed by atoms with E-state index in [1.54, 1.807) is 11.7 Å². The second-order valence-corrected chi connectivity index (χ2v) is 6.11. The fourth-order valence-corrected chi connectivity index (χ4v) is 3.07. The molecule has 7 heteroatoms. The molecule has 116 valence electrons. The largest absolute Gasteiger partial charge is 0.370 e. The molecule has 0 bridgehead atoms. The molecule has 1 saturated carbocycles. The highest BCUT2D eigenvalue weighted by Gasteiger charge is 2.42. The summed E-state index contributed by atoms with van der Waals surface area (Å²) in [6.45, 7) is 2.38. The number of nitrogens with one attached hydrogen (secondary N) is 2. The zero-order valence-electron chi connectivity index (χ0n) is 12.7. The SMILES string of the molecule is Cc1nc(NC(=O)NCC2CCCC3(CCC3)O2)nn1C. The number of carbonyl (C=O) groups excluding carboxylic acids is 1. The van der Waals surface area contributed by atoms with E-state index < -0.39 is 0 Å². The summed E-state index contributed by atoms with van der Waals surface area (Å²) < 4.78 is 7.78. The lowest BCUT2D eigenvalue weighted by molar-refractivity contribution is -0.166. The fraction of sp³-hybridized carbons (Fsp3) is 0.786. The third-order valence-corrected chi connectivity index (χ3v) is 4.54. The van der Waals surface area contributed by atoms with Crippen molar-refractivity contribution in [2.24, 2.45) is 7.05 Å². The molecule has 1 aromatic heterocycles. The van der Waals surface area contributed by atoms with Gasteiger partial charge in [0.1, 0.15) is 5.82 Å². The third-order valence-electron chi connectivity index (χ3n) is 4.54. The molecule has 1 aromatic rings. The molecule has 1 aliphatic heterocycles. The Bertz CT molecular complexity index is 504. The Hall–Kier alpha value is -1.63. The van der Waals surface area contributed by atoms with Crippen LogP contribution in [0.5, 0.6) is 0 Å². The molecule has 0 radical (unpaired) electrons. The average Bonchev–Trinajstić information content (AvgIpc) is 2.73. The van der Waals surface area contributed by atoms with Crippen LogP contribution >= 0.6 is 0 Å². The van der Waals surface area contributed by atoms with Crippen molar-refractivity contribution < 1.29 is 9.53 Å². The Kier molecular flexibility index (Phi) is 3.84. The van der Waals surface area contributed by atoms with E-state index in [1.165, 1.54) is 32.1 Å². The third kappa shape index (κ3) is 3.18. The van der Waals surface area contributed by atoms with Crippen LogP contribution in [0.2, 0.25) is 0 Å². The van der Waals surface area contributed by atoms with Crippen LogP contribution in [-0.4, -0.2) is 39.0 Å². The maximum Gasteiger partial charge on any atom is 0.321 e. The lowest BCUT2D eigenvalue weighted by atomic mass is 9.74. The summed E-state index contributed by atoms with van der Waals surface area (Å²) in [5.41, 5.74) is 0.126. The van der Waals surface area contributed by atoms with Gasteiger partial charge in [-0.25, -0.2) is 4.79 Å². The number of ether oxygens (including phenoxy) is 1. The van der Waals surface area contributed by atoms with E-state index in [0.29, 0.717) is 12.5 Å². The molecule has 1 aliphatic carbocycles. The predicted molar refractivity (Wildman–Crippen MR) is 78.1 cm³/mol. The minimum Gasteiger partial charge on any atom is -0.370 e. The lowest BCUT2D eigenvalue weighted by Gasteiger charge is -2.47. The fourth-order valence-electron chi connectivity index (χ4n) is 3.07. The number of amides is 2. The van der Waals surface area contributed by atoms with Crippen molar-refractivity contribution in [2.75, 3.05) is 11.9 Å². The number of aryl methyl sites for hydroxylation is 2. The minimum absolute atomic E-state index is 0.126. The minimum atomic E-state index is -0.280. The van der Waals surface area contributed by atoms with Gasteiger partial charge >= 0.3 is 6.03 Å². The highest BCUT2D eigenvalue weighted by atomic mass is 16.5. The molecule has 1 atom stereocenters. The molecule has 0 aromatic carbocycles. The first-order valence-electron chi connectivity index (χ1n) is 7.67. The number of hydrogen-bond donors (Lipinski definition) is 2. The van der Waals surface area contributed by atoms with Gasteiger partial charge in [0.05, 0.1) is 11.7 Å². The molecule has 2 fully saturated rings. The molecule has 2 heterocycles. The first-order chi connectivity index (χ1) is 10.1. The molecule has 1 saturated heterocycles. The number of hydrogen-bond acceptors (Lipinski definition) is 4. The van der Waals surface area contributed by atoms with Gasteiger partial charge in [-0.15, -0.1) is 5.10 Å². The average molecular weight is 293 g/mol. The number of nitrogens with zero attached hydrogens (tertiary/aromatic N) is 3. The van der Waals surface area contributed by atoms with Gasteiger partial charge in [-0.2, -0.15) is 4.98 Å². The second-order valence-electron chi connectivity index (χ2n) is 6.11. The maximum absolute atomic E-state index is 11.9. The van der Waals surface area contributed by atoms with Gasteiger partial charge in [0.25, 0.3) is 0 Å². The van der Waals surface area contributed by atoms with Crippen LogP contribution in [0.1, 0.15) is 44.3 Å². The summed E-state index contributed by atoms with van der Waals surface area (Å²) in [5, 5.41) is 9.59. The van der Waals surface area contributed by atoms with Crippen LogP contribution in [0.25, 0.3) is 0 Å². The van der Waals surface area contributed by atoms with E-state index in [-0.39, 0.29) is 17.7 Å². The number of rotatable bonds is 3. The van der Waals surface area contributed by atoms with E-state index in [2.05, 4.69) is 20.7 Å². The Morgan fingerprint density at radius 2 is 2.19 bits per heavy atom. The van der Waals surface area contributed by atoms with Crippen LogP contribution in [0.4, 0.5) is 10.7 Å². The first kappa shape index (κ1) is 14.3. The van der Waals surface area contributed by atoms with Crippen LogP contribution in [0, 0.1) is 6.92 Å². The van der Waals surface area contributed by atoms with Crippen molar-refractivity contribution >= 4 is 12.0 Å². The predicted octanol–water partition coefficient (Wildman–Crippen LogP) is 1.74. The van der Waals surface area contributed by atoms with Gasteiger partial charge in [-0.1, -0.05) is 0 Å². The van der Waals surface area contributed by atoms with E-state index in [4.69, 9.17) is 4.74 Å². The standard InChI is InChI=1S/C14H23N5O2/c1-10-16-12(18-19(10)2)17-13(20)15-9-11-5-3-6-14(21-11)7-4-8-14/h11H,3-9H2,1-2H3,(H2,15,17,18,20). The molecular weight excluding hydrogens is 270 g/mol. The molecule has 7 nitrogen and oxygen atoms in total. The number of anilines is 1. The Balaban J connectivity index is 1.45. The molecule has 1 unspecified atom stereocenters. The molecule has 2 aliphatic rings. The van der Waals surface area contributed by atoms with Gasteiger partial charge in [0.15, 0.2) is 0 Å². The van der Waals surface area contributed by atoms with Gasteiger partial charge in [-0.3, -0.25) is 10.00 Å². The number of aromatic nitrogens is 3. The zero-order chi connectivity index (χ0) is 14.9. The van der Waals surface area contributed by atoms with Crippen molar-refractivity contribution in [3.05, 3.63) is 5.82 Å². The number of carbonyl (C=O) groups is 1. The van der Waals surface area contributed by atoms with Crippen LogP contribution < -0.4 is 10.6 Å². The van der Waals surface area contributed by atoms with Gasteiger partial charge in [0.2, 0.25) is 5.95 Å². The molecular formula is C14H23N5O2. The van der Waals surface area contributed by atoms with Crippen LogP contribution in [0.15, 0.2) is 0 Å². The maximum atomic E-state index is 11.9. The van der Waals surface area contributed by atoms with E-state index >= 15 is 0 Å². The molecule has 2 amide bonds. The lowest BCUT2D eigenvalue weighted by Crippen LogP contribution is -2.49. The Morgan fingerprint density at radius 1 is 1.43 bits per heavy atom. The van der Waals surface area contributed by atoms with Crippen molar-refractivity contribution in [1.29, 1.82) is 0 Å². The summed E-state index contributed by atoms with van der Waals surface area (Å²) in [7, 11) is 1.79. The van der Waals surface area contributed by atoms with Crippen molar-refractivity contribution in [2.45, 2.75) is 57.2 Å². The smallest absolute Gasteiger partial charge is 0.321 e. The summed E-state index contributed by atoms with van der Waals surface area (Å²) in [6, 6.07) is -0.280. The van der Waals surface area contributed by atoms with Crippen molar-refractivity contribution in [3.8, 4) is 0 Å². The van der Waals surface area contributed by atoms with Gasteiger partial charge in [0, 0.05) is 13.6 Å². The summed E-state index contributed by atoms with van der Waals surface area (Å²) in [4.78, 5) is 16.0. The van der Waals surface area contributed by atoms with Crippen molar-refractivity contribution in [1.82, 2.24) is 20.1 Å². The summed E-state index contributed by atoms with van der Waals surface area (Å²) >= 11 is 0. The Labute approximate surface area is 124 Å². The monoisotopic (exact) mass is 293 g/mol. The zero-order valence-corrected chi connectivity index (χ0v) is 12.7. The van der Waals surface area contributed by atoms with E-state index in [1.807, 2.05) is 6.92 Å². The normalized spacial score (nSPS) is 23.6. The van der Waals surface area contributed by atoms with Gasteiger partial charge in [-0.05, 0) is 45.4 Å². The molecule has 21 heavy (non-hydrogen) atoms. The topological polar surface area (TPSA) is 81.1 Å². The van der Waals surface area contributed by atoms with Crippen molar-refractivity contribution in [3.63, 3.8) is 0 Å². The first-order valence-corrected chi connectivity index (χ1v) is 7.67. The summed E-state index contributed by atoms with van der Waals surface area (Å²) in [6.07, 6.45) is 7.12. The quantitative estimate of drug-likeness (QED) is 0.889.